The molecule has 9 atom stereocenters. The number of hydrogen-bond acceptors (Lipinski definition) is 14. The quantitative estimate of drug-likeness (QED) is 0.0603. The third kappa shape index (κ3) is 10.1. The van der Waals surface area contributed by atoms with Crippen molar-refractivity contribution in [2.45, 2.75) is 139 Å². The van der Waals surface area contributed by atoms with Crippen LogP contribution in [-0.4, -0.2) is 122 Å². The van der Waals surface area contributed by atoms with Crippen molar-refractivity contribution in [3.8, 4) is 0 Å². The summed E-state index contributed by atoms with van der Waals surface area (Å²) in [5.41, 5.74) is 0.566. The van der Waals surface area contributed by atoms with Crippen LogP contribution < -0.4 is 0 Å². The molecule has 2 saturated heterocycles. The highest BCUT2D eigenvalue weighted by molar-refractivity contribution is 5.82. The van der Waals surface area contributed by atoms with Gasteiger partial charge in [-0.25, -0.2) is 4.79 Å². The van der Waals surface area contributed by atoms with Crippen molar-refractivity contribution in [1.29, 1.82) is 0 Å². The molecule has 14 heteroatoms. The Kier molecular flexibility index (Phi) is 15.4. The molecule has 14 nitrogen and oxygen atoms in total. The summed E-state index contributed by atoms with van der Waals surface area (Å²) in [7, 11) is 0. The minimum Gasteiger partial charge on any atom is -0.453 e. The van der Waals surface area contributed by atoms with E-state index < -0.39 is 86.2 Å². The number of carbonyl (C=O) groups is 2. The zero-order valence-corrected chi connectivity index (χ0v) is 25.3. The van der Waals surface area contributed by atoms with Gasteiger partial charge in [0.2, 0.25) is 17.9 Å². The normalized spacial score (nSPS) is 34.1. The predicted molar refractivity (Wildman–Crippen MR) is 149 cm³/mol. The van der Waals surface area contributed by atoms with Gasteiger partial charge < -0.3 is 59.4 Å². The van der Waals surface area contributed by atoms with Crippen molar-refractivity contribution in [1.82, 2.24) is 0 Å². The Bertz CT molecular complexity index is 894. The number of allylic oxidation sites excluding steroid dienone is 1. The molecular formula is C29H50O14. The Morgan fingerprint density at radius 1 is 0.837 bits per heavy atom. The molecule has 0 radical (unpaired) electrons. The maximum atomic E-state index is 12.9. The molecule has 2 aliphatic heterocycles. The lowest BCUT2D eigenvalue weighted by Gasteiger charge is -2.45. The first-order valence-corrected chi connectivity index (χ1v) is 15.1. The van der Waals surface area contributed by atoms with Gasteiger partial charge in [-0.15, -0.1) is 0 Å². The molecule has 0 aromatic heterocycles. The van der Waals surface area contributed by atoms with Crippen molar-refractivity contribution in [2.75, 3.05) is 19.8 Å². The molecule has 2 fully saturated rings. The summed E-state index contributed by atoms with van der Waals surface area (Å²) in [4.78, 5) is 25.5. The van der Waals surface area contributed by atoms with E-state index in [1.54, 1.807) is 13.8 Å². The standard InChI is InChI=1S/C29H50O14/c1-4-5-6-7-8-9-10-11-12-13-20(33)40-24-23(41-21(34)14-18(2)3)22(35)19(15-30)39-27(24)42-29(17-32)26(37)25(36)28(38,16-31)43-29/h14,19,22-27,30-32,35-38H,4-13,15-17H2,1-3H3/t19-,22-,23+,24-,25-,26-,27-,28+,29+/m1/s1. The van der Waals surface area contributed by atoms with Crippen molar-refractivity contribution >= 4 is 11.9 Å². The van der Waals surface area contributed by atoms with Gasteiger partial charge in [0.25, 0.3) is 0 Å². The Labute approximate surface area is 252 Å². The zero-order valence-electron chi connectivity index (χ0n) is 25.3. The molecule has 0 saturated carbocycles. The van der Waals surface area contributed by atoms with Gasteiger partial charge in [0, 0.05) is 12.5 Å². The van der Waals surface area contributed by atoms with Gasteiger partial charge in [0.15, 0.2) is 12.2 Å². The number of esters is 2. The van der Waals surface area contributed by atoms with E-state index in [1.807, 2.05) is 0 Å². The molecule has 2 aliphatic rings. The number of ether oxygens (including phenoxy) is 5. The number of rotatable bonds is 18. The topological polar surface area (TPSA) is 222 Å². The Hall–Kier alpha value is -1.72. The summed E-state index contributed by atoms with van der Waals surface area (Å²) in [6, 6.07) is 0. The maximum Gasteiger partial charge on any atom is 0.331 e. The van der Waals surface area contributed by atoms with Crippen molar-refractivity contribution in [2.24, 2.45) is 0 Å². The van der Waals surface area contributed by atoms with Crippen molar-refractivity contribution < 1.29 is 69.0 Å². The van der Waals surface area contributed by atoms with Crippen LogP contribution in [0.3, 0.4) is 0 Å². The molecule has 2 rings (SSSR count). The summed E-state index contributed by atoms with van der Waals surface area (Å²) in [6.45, 7) is 2.22. The third-order valence-electron chi connectivity index (χ3n) is 7.53. The second kappa shape index (κ2) is 17.7. The molecular weight excluding hydrogens is 572 g/mol. The highest BCUT2D eigenvalue weighted by atomic mass is 16.8. The number of unbranched alkanes of at least 4 members (excludes halogenated alkanes) is 8. The lowest BCUT2D eigenvalue weighted by atomic mass is 9.98. The summed E-state index contributed by atoms with van der Waals surface area (Å²) < 4.78 is 27.4. The molecule has 250 valence electrons. The first kappa shape index (κ1) is 37.5. The average Bonchev–Trinajstić information content (AvgIpc) is 3.16. The second-order valence-electron chi connectivity index (χ2n) is 11.5. The summed E-state index contributed by atoms with van der Waals surface area (Å²) in [6.07, 6.45) is -2.47. The Morgan fingerprint density at radius 2 is 1.44 bits per heavy atom. The van der Waals surface area contributed by atoms with E-state index in [9.17, 15) is 45.3 Å². The number of aliphatic hydroxyl groups is 7. The van der Waals surface area contributed by atoms with Gasteiger partial charge in [-0.1, -0.05) is 63.9 Å². The Balaban J connectivity index is 2.23. The number of carbonyl (C=O) groups excluding carboxylic acids is 2. The van der Waals surface area contributed by atoms with Gasteiger partial charge in [-0.3, -0.25) is 4.79 Å². The third-order valence-corrected chi connectivity index (χ3v) is 7.53. The van der Waals surface area contributed by atoms with E-state index in [4.69, 9.17) is 23.7 Å². The smallest absolute Gasteiger partial charge is 0.331 e. The van der Waals surface area contributed by atoms with Crippen molar-refractivity contribution in [3.63, 3.8) is 0 Å². The second-order valence-corrected chi connectivity index (χ2v) is 11.5. The van der Waals surface area contributed by atoms with E-state index in [2.05, 4.69) is 6.92 Å². The highest BCUT2D eigenvalue weighted by Crippen LogP contribution is 2.41. The maximum absolute atomic E-state index is 12.9. The van der Waals surface area contributed by atoms with Crippen LogP contribution in [-0.2, 0) is 33.3 Å². The van der Waals surface area contributed by atoms with E-state index in [0.29, 0.717) is 12.0 Å². The van der Waals surface area contributed by atoms with Gasteiger partial charge in [-0.2, -0.15) is 0 Å². The molecule has 7 N–H and O–H groups in total. The zero-order chi connectivity index (χ0) is 32.2. The fourth-order valence-electron chi connectivity index (χ4n) is 5.08. The SMILES string of the molecule is CCCCCCCCCCCC(=O)O[C@H]1[C@@H](O[C@@]2(CO)O[C@@](O)(CO)[C@H](O)[C@H]2O)O[C@H](CO)[C@@H](O)[C@@H]1OC(=O)C=C(C)C. The molecule has 0 bridgehead atoms. The van der Waals surface area contributed by atoms with Crippen LogP contribution in [0.2, 0.25) is 0 Å². The molecule has 0 aromatic rings. The number of aliphatic hydroxyl groups excluding tert-OH is 6. The van der Waals surface area contributed by atoms with Crippen LogP contribution in [0.15, 0.2) is 11.6 Å². The first-order chi connectivity index (χ1) is 20.4. The van der Waals surface area contributed by atoms with Crippen LogP contribution in [0.5, 0.6) is 0 Å². The number of hydrogen-bond donors (Lipinski definition) is 7. The molecule has 0 aromatic carbocycles. The van der Waals surface area contributed by atoms with E-state index >= 15 is 0 Å². The molecule has 43 heavy (non-hydrogen) atoms. The van der Waals surface area contributed by atoms with Gasteiger partial charge in [-0.05, 0) is 20.3 Å². The van der Waals surface area contributed by atoms with Crippen LogP contribution in [0.25, 0.3) is 0 Å². The van der Waals surface area contributed by atoms with Crippen LogP contribution in [0, 0.1) is 0 Å². The van der Waals surface area contributed by atoms with Gasteiger partial charge >= 0.3 is 11.9 Å². The van der Waals surface area contributed by atoms with E-state index in [0.717, 1.165) is 31.8 Å². The molecule has 0 spiro atoms. The molecule has 0 amide bonds. The monoisotopic (exact) mass is 622 g/mol. The lowest BCUT2D eigenvalue weighted by molar-refractivity contribution is -0.404. The minimum absolute atomic E-state index is 0.0273. The average molecular weight is 623 g/mol. The van der Waals surface area contributed by atoms with Crippen molar-refractivity contribution in [3.05, 3.63) is 11.6 Å². The molecule has 2 heterocycles. The minimum atomic E-state index is -2.75. The fourth-order valence-corrected chi connectivity index (χ4v) is 5.08. The van der Waals surface area contributed by atoms with Gasteiger partial charge in [0.1, 0.15) is 31.0 Å². The van der Waals surface area contributed by atoms with Crippen LogP contribution in [0.4, 0.5) is 0 Å². The summed E-state index contributed by atoms with van der Waals surface area (Å²) >= 11 is 0. The van der Waals surface area contributed by atoms with Crippen LogP contribution in [0.1, 0.15) is 85.0 Å². The van der Waals surface area contributed by atoms with Gasteiger partial charge in [0.05, 0.1) is 13.2 Å². The van der Waals surface area contributed by atoms with E-state index in [1.165, 1.54) is 25.7 Å². The lowest BCUT2D eigenvalue weighted by Crippen LogP contribution is -2.64. The van der Waals surface area contributed by atoms with Crippen LogP contribution >= 0.6 is 0 Å². The summed E-state index contributed by atoms with van der Waals surface area (Å²) in [5, 5.41) is 71.6. The first-order valence-electron chi connectivity index (χ1n) is 15.1. The molecule has 0 aliphatic carbocycles. The summed E-state index contributed by atoms with van der Waals surface area (Å²) in [5.74, 6) is -7.02. The van der Waals surface area contributed by atoms with E-state index in [-0.39, 0.29) is 6.42 Å². The highest BCUT2D eigenvalue weighted by Gasteiger charge is 2.65. The largest absolute Gasteiger partial charge is 0.453 e. The fraction of sp³-hybridized carbons (Fsp3) is 0.862. The predicted octanol–water partition coefficient (Wildman–Crippen LogP) is -0.0867. The molecule has 0 unspecified atom stereocenters. The Morgan fingerprint density at radius 3 is 1.95 bits per heavy atom.